The van der Waals surface area contributed by atoms with E-state index in [1.54, 1.807) is 0 Å². The minimum atomic E-state index is -1.37. The highest BCUT2D eigenvalue weighted by atomic mass is 16.6. The molecule has 21 heavy (non-hydrogen) atoms. The Kier molecular flexibility index (Phi) is 6.22. The molecule has 1 aromatic rings. The summed E-state index contributed by atoms with van der Waals surface area (Å²) >= 11 is 0. The Bertz CT molecular complexity index is 542. The molecule has 1 rings (SSSR count). The summed E-state index contributed by atoms with van der Waals surface area (Å²) in [7, 11) is 4.28. The van der Waals surface area contributed by atoms with E-state index in [9.17, 15) is 20.0 Å². The second kappa shape index (κ2) is 7.67. The Hall–Kier alpha value is -2.03. The van der Waals surface area contributed by atoms with Gasteiger partial charge in [-0.25, -0.2) is 4.79 Å². The number of nitrogens with zero attached hydrogens (tertiary/aromatic N) is 1. The third-order valence-electron chi connectivity index (χ3n) is 2.90. The number of ether oxygens (including phenoxy) is 3. The normalized spacial score (nSPS) is 10.6. The number of carboxylic acids is 1. The molecule has 0 amide bonds. The quantitative estimate of drug-likeness (QED) is 0.575. The third kappa shape index (κ3) is 3.75. The summed E-state index contributed by atoms with van der Waals surface area (Å²) in [5, 5.41) is 20.5. The molecule has 8 nitrogen and oxygen atoms in total. The van der Waals surface area contributed by atoms with Crippen LogP contribution < -0.4 is 0 Å². The first-order valence-electron chi connectivity index (χ1n) is 6.00. The molecule has 0 saturated carbocycles. The lowest BCUT2D eigenvalue weighted by Crippen LogP contribution is -2.13. The second-order valence-electron chi connectivity index (χ2n) is 4.25. The van der Waals surface area contributed by atoms with Crippen LogP contribution >= 0.6 is 0 Å². The second-order valence-corrected chi connectivity index (χ2v) is 4.25. The highest BCUT2D eigenvalue weighted by Gasteiger charge is 2.29. The average Bonchev–Trinajstić information content (AvgIpc) is 2.41. The number of benzene rings is 1. The Balaban J connectivity index is 3.69. The first-order valence-corrected chi connectivity index (χ1v) is 6.00. The first kappa shape index (κ1) is 17.0. The van der Waals surface area contributed by atoms with Gasteiger partial charge >= 0.3 is 5.97 Å². The Morgan fingerprint density at radius 1 is 1.14 bits per heavy atom. The number of hydrogen-bond donors (Lipinski definition) is 1. The van der Waals surface area contributed by atoms with E-state index < -0.39 is 16.6 Å². The summed E-state index contributed by atoms with van der Waals surface area (Å²) in [5.41, 5.74) is 0.360. The van der Waals surface area contributed by atoms with Gasteiger partial charge in [-0.1, -0.05) is 0 Å². The molecule has 0 aromatic heterocycles. The monoisotopic (exact) mass is 299 g/mol. The lowest BCUT2D eigenvalue weighted by Gasteiger charge is -2.15. The summed E-state index contributed by atoms with van der Waals surface area (Å²) in [4.78, 5) is 21.8. The number of aromatic carboxylic acids is 1. The molecule has 1 aromatic carbocycles. The van der Waals surface area contributed by atoms with Crippen molar-refractivity contribution in [1.82, 2.24) is 0 Å². The highest BCUT2D eigenvalue weighted by Crippen LogP contribution is 2.32. The maximum atomic E-state index is 11.3. The predicted octanol–water partition coefficient (Wildman–Crippen LogP) is 1.73. The number of nitro benzene ring substituents is 1. The van der Waals surface area contributed by atoms with Crippen LogP contribution in [0.15, 0.2) is 6.07 Å². The van der Waals surface area contributed by atoms with Crippen molar-refractivity contribution in [1.29, 1.82) is 0 Å². The summed E-state index contributed by atoms with van der Waals surface area (Å²) in [6.45, 7) is 0.124. The van der Waals surface area contributed by atoms with E-state index in [1.807, 2.05) is 0 Å². The van der Waals surface area contributed by atoms with E-state index in [1.165, 1.54) is 27.4 Å². The Morgan fingerprint density at radius 2 is 1.67 bits per heavy atom. The molecule has 116 valence electrons. The fourth-order valence-electron chi connectivity index (χ4n) is 2.11. The molecule has 0 aliphatic carbocycles. The summed E-state index contributed by atoms with van der Waals surface area (Å²) in [5.74, 6) is -1.37. The van der Waals surface area contributed by atoms with Gasteiger partial charge in [0.1, 0.15) is 5.56 Å². The molecule has 0 bridgehead atoms. The fourth-order valence-corrected chi connectivity index (χ4v) is 2.11. The summed E-state index contributed by atoms with van der Waals surface area (Å²) in [6, 6.07) is 1.25. The lowest BCUT2D eigenvalue weighted by molar-refractivity contribution is -0.386. The van der Waals surface area contributed by atoms with Gasteiger partial charge in [0.25, 0.3) is 5.69 Å². The van der Waals surface area contributed by atoms with Crippen molar-refractivity contribution in [2.45, 2.75) is 19.8 Å². The minimum Gasteiger partial charge on any atom is -0.477 e. The third-order valence-corrected chi connectivity index (χ3v) is 2.90. The molecule has 0 fully saturated rings. The fraction of sp³-hybridized carbons (Fsp3) is 0.462. The van der Waals surface area contributed by atoms with Gasteiger partial charge in [-0.15, -0.1) is 0 Å². The van der Waals surface area contributed by atoms with Crippen LogP contribution in [0.4, 0.5) is 5.69 Å². The molecule has 0 saturated heterocycles. The van der Waals surface area contributed by atoms with Gasteiger partial charge in [0.15, 0.2) is 0 Å². The van der Waals surface area contributed by atoms with Crippen LogP contribution in [-0.4, -0.2) is 37.3 Å². The van der Waals surface area contributed by atoms with Crippen molar-refractivity contribution in [3.63, 3.8) is 0 Å². The molecule has 0 unspecified atom stereocenters. The molecular weight excluding hydrogens is 282 g/mol. The van der Waals surface area contributed by atoms with Crippen LogP contribution in [0, 0.1) is 10.1 Å². The molecule has 0 aliphatic heterocycles. The number of methoxy groups -OCH3 is 3. The minimum absolute atomic E-state index is 0.0904. The average molecular weight is 299 g/mol. The zero-order valence-corrected chi connectivity index (χ0v) is 12.0. The van der Waals surface area contributed by atoms with Crippen molar-refractivity contribution in [2.75, 3.05) is 21.3 Å². The maximum Gasteiger partial charge on any atom is 0.342 e. The lowest BCUT2D eigenvalue weighted by atomic mass is 9.96. The van der Waals surface area contributed by atoms with Crippen molar-refractivity contribution in [3.05, 3.63) is 38.4 Å². The van der Waals surface area contributed by atoms with Crippen molar-refractivity contribution < 1.29 is 29.0 Å². The van der Waals surface area contributed by atoms with E-state index in [-0.39, 0.29) is 30.9 Å². The van der Waals surface area contributed by atoms with Gasteiger partial charge in [0, 0.05) is 21.3 Å². The summed E-state index contributed by atoms with van der Waals surface area (Å²) in [6.07, 6.45) is 0. The predicted molar refractivity (Wildman–Crippen MR) is 72.2 cm³/mol. The molecule has 0 heterocycles. The zero-order valence-electron chi connectivity index (χ0n) is 12.0. The molecule has 8 heteroatoms. The number of nitro groups is 1. The number of carboxylic acid groups (broad SMARTS) is 1. The van der Waals surface area contributed by atoms with Gasteiger partial charge in [-0.3, -0.25) is 10.1 Å². The van der Waals surface area contributed by atoms with E-state index in [2.05, 4.69) is 0 Å². The van der Waals surface area contributed by atoms with Crippen LogP contribution in [0.2, 0.25) is 0 Å². The van der Waals surface area contributed by atoms with Crippen molar-refractivity contribution >= 4 is 11.7 Å². The topological polar surface area (TPSA) is 108 Å². The van der Waals surface area contributed by atoms with Gasteiger partial charge in [0.2, 0.25) is 0 Å². The molecule has 1 N–H and O–H groups in total. The smallest absolute Gasteiger partial charge is 0.342 e. The van der Waals surface area contributed by atoms with Crippen LogP contribution in [0.1, 0.15) is 27.0 Å². The van der Waals surface area contributed by atoms with Crippen molar-refractivity contribution in [3.8, 4) is 0 Å². The molecule has 0 radical (unpaired) electrons. The molecule has 0 spiro atoms. The standard InChI is InChI=1S/C13H17NO7/c1-19-5-8-4-9(13(15)16)12(14(17)18)11(7-21-3)10(8)6-20-2/h4H,5-7H2,1-3H3,(H,15,16). The molecule has 0 aliphatic rings. The van der Waals surface area contributed by atoms with Gasteiger partial charge < -0.3 is 19.3 Å². The van der Waals surface area contributed by atoms with Crippen LogP contribution in [0.25, 0.3) is 0 Å². The number of rotatable bonds is 8. The van der Waals surface area contributed by atoms with Crippen molar-refractivity contribution in [2.24, 2.45) is 0 Å². The first-order chi connectivity index (χ1) is 9.97. The van der Waals surface area contributed by atoms with Crippen LogP contribution in [0.3, 0.4) is 0 Å². The van der Waals surface area contributed by atoms with Crippen LogP contribution in [-0.2, 0) is 34.0 Å². The number of carbonyl (C=O) groups is 1. The highest BCUT2D eigenvalue weighted by molar-refractivity contribution is 5.93. The van der Waals surface area contributed by atoms with E-state index in [0.717, 1.165) is 0 Å². The zero-order chi connectivity index (χ0) is 16.0. The molecular formula is C13H17NO7. The molecule has 0 atom stereocenters. The largest absolute Gasteiger partial charge is 0.477 e. The Labute approximate surface area is 121 Å². The maximum absolute atomic E-state index is 11.3. The van der Waals surface area contributed by atoms with Crippen LogP contribution in [0.5, 0.6) is 0 Å². The van der Waals surface area contributed by atoms with E-state index >= 15 is 0 Å². The van der Waals surface area contributed by atoms with Gasteiger partial charge in [-0.05, 0) is 17.2 Å². The summed E-state index contributed by atoms with van der Waals surface area (Å²) < 4.78 is 15.1. The SMILES string of the molecule is COCc1cc(C(=O)O)c([N+](=O)[O-])c(COC)c1COC. The Morgan fingerprint density at radius 3 is 2.10 bits per heavy atom. The van der Waals surface area contributed by atoms with Gasteiger partial charge in [0.05, 0.1) is 30.3 Å². The van der Waals surface area contributed by atoms with Gasteiger partial charge in [-0.2, -0.15) is 0 Å². The van der Waals surface area contributed by atoms with E-state index in [0.29, 0.717) is 11.1 Å². The van der Waals surface area contributed by atoms with E-state index in [4.69, 9.17) is 14.2 Å². The number of hydrogen-bond acceptors (Lipinski definition) is 6.